The van der Waals surface area contributed by atoms with Gasteiger partial charge in [0, 0.05) is 17.7 Å². The smallest absolute Gasteiger partial charge is 0.452 e. The number of piperidine rings is 1. The van der Waals surface area contributed by atoms with Crippen molar-refractivity contribution < 1.29 is 22.4 Å². The fraction of sp³-hybridized carbons (Fsp3) is 0.409. The molecular weight excluding hydrogens is 501 g/mol. The van der Waals surface area contributed by atoms with Crippen molar-refractivity contribution in [1.29, 1.82) is 5.26 Å². The lowest BCUT2D eigenvalue weighted by Crippen LogP contribution is -2.30. The zero-order valence-electron chi connectivity index (χ0n) is 19.3. The molecule has 14 heteroatoms. The van der Waals surface area contributed by atoms with Crippen molar-refractivity contribution in [2.75, 3.05) is 13.1 Å². The number of hydrogen-bond donors (Lipinski definition) is 1. The van der Waals surface area contributed by atoms with Gasteiger partial charge in [-0.3, -0.25) is 4.40 Å². The average molecular weight is 523 g/mol. The lowest BCUT2D eigenvalue weighted by molar-refractivity contribution is -0.155. The number of pyridine rings is 1. The van der Waals surface area contributed by atoms with Gasteiger partial charge in [-0.1, -0.05) is 10.4 Å². The van der Waals surface area contributed by atoms with Crippen LogP contribution in [-0.2, 0) is 6.18 Å². The van der Waals surface area contributed by atoms with Gasteiger partial charge in [0.25, 0.3) is 0 Å². The van der Waals surface area contributed by atoms with E-state index in [2.05, 4.69) is 30.3 Å². The minimum atomic E-state index is -4.66. The van der Waals surface area contributed by atoms with Crippen LogP contribution in [-0.4, -0.2) is 42.6 Å². The normalized spacial score (nSPS) is 15.4. The maximum Gasteiger partial charge on any atom is 0.452 e. The molecule has 1 fully saturated rings. The van der Waals surface area contributed by atoms with Crippen LogP contribution in [0.3, 0.4) is 0 Å². The van der Waals surface area contributed by atoms with E-state index in [1.54, 1.807) is 12.1 Å². The third-order valence-corrected chi connectivity index (χ3v) is 6.06. The first-order chi connectivity index (χ1) is 16.8. The zero-order chi connectivity index (χ0) is 24.7. The van der Waals surface area contributed by atoms with Crippen LogP contribution in [0, 0.1) is 18.3 Å². The summed E-state index contributed by atoms with van der Waals surface area (Å²) in [6.45, 7) is 5.29. The van der Waals surface area contributed by atoms with Crippen LogP contribution in [0.1, 0.15) is 54.8 Å². The molecule has 1 unspecified atom stereocenters. The Morgan fingerprint density at radius 2 is 2.00 bits per heavy atom. The van der Waals surface area contributed by atoms with Gasteiger partial charge in [0.15, 0.2) is 0 Å². The molecule has 190 valence electrons. The Bertz CT molecular complexity index is 1420. The second kappa shape index (κ2) is 9.79. The summed E-state index contributed by atoms with van der Waals surface area (Å²) in [5.74, 6) is -1.02. The SMILES string of the molecule is Cc1c(-c2cc(OC(C)c3cc(C(F)(F)F)on3)n3c(C#N)cnc3c2)nnn1C1CCNCC1.Cl. The molecule has 1 N–H and O–H groups in total. The number of fused-ring (bicyclic) bond motifs is 1. The van der Waals surface area contributed by atoms with Gasteiger partial charge >= 0.3 is 6.18 Å². The summed E-state index contributed by atoms with van der Waals surface area (Å²) in [7, 11) is 0. The van der Waals surface area contributed by atoms with Gasteiger partial charge in [0.1, 0.15) is 34.9 Å². The molecule has 1 saturated heterocycles. The summed E-state index contributed by atoms with van der Waals surface area (Å²) in [6, 6.07) is 6.51. The van der Waals surface area contributed by atoms with E-state index in [-0.39, 0.29) is 35.7 Å². The van der Waals surface area contributed by atoms with Crippen molar-refractivity contribution in [2.45, 2.75) is 45.0 Å². The number of aromatic nitrogens is 6. The van der Waals surface area contributed by atoms with Crippen LogP contribution in [0.2, 0.25) is 0 Å². The topological polar surface area (TPSA) is 119 Å². The standard InChI is InChI=1S/C22H21F3N8O2.ClH/c1-12-21(29-31-33(12)15-3-5-27-6-4-15)14-7-19-28-11-16(10-26)32(19)20(8-14)34-13(2)17-9-18(35-30-17)22(23,24)25;/h7-9,11,13,15,27H,3-6H2,1-2H3;1H. The molecule has 0 saturated carbocycles. The van der Waals surface area contributed by atoms with Crippen LogP contribution in [0.4, 0.5) is 13.2 Å². The van der Waals surface area contributed by atoms with Gasteiger partial charge in [-0.25, -0.2) is 9.67 Å². The average Bonchev–Trinajstić information content (AvgIpc) is 3.57. The maximum atomic E-state index is 12.9. The van der Waals surface area contributed by atoms with E-state index in [0.717, 1.165) is 37.7 Å². The van der Waals surface area contributed by atoms with Crippen LogP contribution in [0.25, 0.3) is 16.9 Å². The first-order valence-corrected chi connectivity index (χ1v) is 11.0. The molecule has 10 nitrogen and oxygen atoms in total. The summed E-state index contributed by atoms with van der Waals surface area (Å²) < 4.78 is 52.6. The highest BCUT2D eigenvalue weighted by molar-refractivity contribution is 5.85. The van der Waals surface area contributed by atoms with E-state index in [1.165, 1.54) is 17.5 Å². The fourth-order valence-electron chi connectivity index (χ4n) is 4.24. The summed E-state index contributed by atoms with van der Waals surface area (Å²) >= 11 is 0. The number of nitrogens with zero attached hydrogens (tertiary/aromatic N) is 7. The summed E-state index contributed by atoms with van der Waals surface area (Å²) in [4.78, 5) is 4.29. The molecule has 1 aliphatic heterocycles. The predicted octanol–water partition coefficient (Wildman–Crippen LogP) is 4.27. The summed E-state index contributed by atoms with van der Waals surface area (Å²) in [5, 5.41) is 25.1. The lowest BCUT2D eigenvalue weighted by atomic mass is 10.1. The highest BCUT2D eigenvalue weighted by Gasteiger charge is 2.37. The van der Waals surface area contributed by atoms with E-state index in [1.807, 2.05) is 17.7 Å². The third kappa shape index (κ3) is 4.61. The minimum absolute atomic E-state index is 0. The fourth-order valence-corrected chi connectivity index (χ4v) is 4.24. The molecule has 0 aliphatic carbocycles. The van der Waals surface area contributed by atoms with E-state index in [9.17, 15) is 18.4 Å². The second-order valence-electron chi connectivity index (χ2n) is 8.35. The highest BCUT2D eigenvalue weighted by Crippen LogP contribution is 2.34. The Labute approximate surface area is 209 Å². The van der Waals surface area contributed by atoms with Crippen LogP contribution >= 0.6 is 12.4 Å². The van der Waals surface area contributed by atoms with Gasteiger partial charge in [-0.15, -0.1) is 17.5 Å². The van der Waals surface area contributed by atoms with E-state index < -0.39 is 18.0 Å². The first kappa shape index (κ1) is 25.5. The Morgan fingerprint density at radius 1 is 1.25 bits per heavy atom. The van der Waals surface area contributed by atoms with Gasteiger partial charge < -0.3 is 14.6 Å². The number of alkyl halides is 3. The lowest BCUT2D eigenvalue weighted by Gasteiger charge is -2.23. The second-order valence-corrected chi connectivity index (χ2v) is 8.35. The molecule has 36 heavy (non-hydrogen) atoms. The van der Waals surface area contributed by atoms with Crippen LogP contribution in [0.5, 0.6) is 5.88 Å². The van der Waals surface area contributed by atoms with Crippen molar-refractivity contribution >= 4 is 18.1 Å². The molecule has 1 atom stereocenters. The van der Waals surface area contributed by atoms with E-state index >= 15 is 0 Å². The Balaban J connectivity index is 0.00000304. The molecule has 5 heterocycles. The Morgan fingerprint density at radius 3 is 2.67 bits per heavy atom. The zero-order valence-corrected chi connectivity index (χ0v) is 20.1. The van der Waals surface area contributed by atoms with E-state index in [0.29, 0.717) is 16.9 Å². The predicted molar refractivity (Wildman–Crippen MR) is 123 cm³/mol. The van der Waals surface area contributed by atoms with Crippen LogP contribution < -0.4 is 10.1 Å². The van der Waals surface area contributed by atoms with Crippen LogP contribution in [0.15, 0.2) is 28.9 Å². The van der Waals surface area contributed by atoms with Gasteiger partial charge in [-0.2, -0.15) is 18.4 Å². The number of hydrogen-bond acceptors (Lipinski definition) is 8. The maximum absolute atomic E-state index is 12.9. The quantitative estimate of drug-likeness (QED) is 0.413. The number of nitriles is 1. The molecule has 0 amide bonds. The number of rotatable bonds is 5. The van der Waals surface area contributed by atoms with Crippen molar-refractivity contribution in [2.24, 2.45) is 0 Å². The van der Waals surface area contributed by atoms with Crippen molar-refractivity contribution in [3.05, 3.63) is 47.2 Å². The Kier molecular flexibility index (Phi) is 6.92. The third-order valence-electron chi connectivity index (χ3n) is 6.06. The largest absolute Gasteiger partial charge is 0.469 e. The molecule has 0 bridgehead atoms. The summed E-state index contributed by atoms with van der Waals surface area (Å²) in [5.41, 5.74) is 2.75. The molecule has 1 aliphatic rings. The monoisotopic (exact) mass is 522 g/mol. The number of nitrogens with one attached hydrogen (secondary N) is 1. The van der Waals surface area contributed by atoms with Gasteiger partial charge in [0.2, 0.25) is 11.6 Å². The first-order valence-electron chi connectivity index (χ1n) is 11.0. The molecule has 0 spiro atoms. The van der Waals surface area contributed by atoms with Crippen molar-refractivity contribution in [1.82, 2.24) is 34.9 Å². The number of halogens is 4. The van der Waals surface area contributed by atoms with Gasteiger partial charge in [0.05, 0.1) is 17.9 Å². The highest BCUT2D eigenvalue weighted by atomic mass is 35.5. The van der Waals surface area contributed by atoms with Crippen molar-refractivity contribution in [3.8, 4) is 23.2 Å². The molecule has 0 aromatic carbocycles. The number of imidazole rings is 1. The van der Waals surface area contributed by atoms with E-state index in [4.69, 9.17) is 4.74 Å². The summed E-state index contributed by atoms with van der Waals surface area (Å²) in [6.07, 6.45) is -2.29. The molecular formula is C22H22ClF3N8O2. The van der Waals surface area contributed by atoms with Crippen molar-refractivity contribution in [3.63, 3.8) is 0 Å². The Hall–Kier alpha value is -3.63. The molecule has 5 rings (SSSR count). The minimum Gasteiger partial charge on any atom is -0.469 e. The molecule has 0 radical (unpaired) electrons. The number of ether oxygens (including phenoxy) is 1. The van der Waals surface area contributed by atoms with Gasteiger partial charge in [-0.05, 0) is 45.8 Å². The molecule has 4 aromatic rings. The molecule has 4 aromatic heterocycles.